The van der Waals surface area contributed by atoms with Gasteiger partial charge in [0.25, 0.3) is 5.56 Å². The van der Waals surface area contributed by atoms with E-state index in [1.807, 2.05) is 0 Å². The Kier molecular flexibility index (Phi) is 2.17. The lowest BCUT2D eigenvalue weighted by Crippen LogP contribution is -2.32. The molecule has 78 valence electrons. The summed E-state index contributed by atoms with van der Waals surface area (Å²) in [4.78, 5) is 15.9. The van der Waals surface area contributed by atoms with Gasteiger partial charge in [-0.1, -0.05) is 12.1 Å². The summed E-state index contributed by atoms with van der Waals surface area (Å²) in [5, 5.41) is 9.83. The van der Waals surface area contributed by atoms with Crippen LogP contribution in [0.25, 0.3) is 10.9 Å². The van der Waals surface area contributed by atoms with Gasteiger partial charge in [-0.2, -0.15) is 0 Å². The number of hydrogen-bond donors (Lipinski definition) is 2. The Labute approximate surface area is 85.8 Å². The van der Waals surface area contributed by atoms with Crippen LogP contribution in [0.1, 0.15) is 18.9 Å². The van der Waals surface area contributed by atoms with Crippen LogP contribution in [0.2, 0.25) is 0 Å². The van der Waals surface area contributed by atoms with Gasteiger partial charge in [0.15, 0.2) is 5.82 Å². The van der Waals surface area contributed by atoms with Gasteiger partial charge in [-0.15, -0.1) is 0 Å². The van der Waals surface area contributed by atoms with Crippen LogP contribution < -0.4 is 11.4 Å². The summed E-state index contributed by atoms with van der Waals surface area (Å²) in [5.74, 6) is 5.70. The number of hydrogen-bond acceptors (Lipinski definition) is 4. The van der Waals surface area contributed by atoms with Crippen molar-refractivity contribution < 1.29 is 5.11 Å². The topological polar surface area (TPSA) is 81.1 Å². The summed E-state index contributed by atoms with van der Waals surface area (Å²) in [6, 6.07) is 6.89. The Balaban J connectivity index is 2.89. The zero-order chi connectivity index (χ0) is 11.0. The lowest BCUT2D eigenvalue weighted by atomic mass is 10.2. The van der Waals surface area contributed by atoms with Crippen molar-refractivity contribution in [3.8, 4) is 0 Å². The quantitative estimate of drug-likeness (QED) is 0.650. The van der Waals surface area contributed by atoms with Crippen molar-refractivity contribution in [2.75, 3.05) is 5.84 Å². The number of aromatic nitrogens is 2. The van der Waals surface area contributed by atoms with Gasteiger partial charge in [0.1, 0.15) is 6.10 Å². The molecule has 0 bridgehead atoms. The molecule has 0 aliphatic carbocycles. The summed E-state index contributed by atoms with van der Waals surface area (Å²) in [6.45, 7) is 1.51. The number of aliphatic hydroxyl groups excluding tert-OH is 1. The average molecular weight is 205 g/mol. The molecule has 1 aromatic heterocycles. The molecule has 1 heterocycles. The van der Waals surface area contributed by atoms with Crippen LogP contribution in [0.5, 0.6) is 0 Å². The van der Waals surface area contributed by atoms with Gasteiger partial charge in [-0.3, -0.25) is 4.79 Å². The van der Waals surface area contributed by atoms with Crippen molar-refractivity contribution in [2.24, 2.45) is 0 Å². The van der Waals surface area contributed by atoms with E-state index in [0.29, 0.717) is 10.9 Å². The van der Waals surface area contributed by atoms with E-state index < -0.39 is 6.10 Å². The van der Waals surface area contributed by atoms with Gasteiger partial charge in [0, 0.05) is 0 Å². The Hall–Kier alpha value is -1.88. The number of fused-ring (bicyclic) bond motifs is 1. The van der Waals surface area contributed by atoms with E-state index in [2.05, 4.69) is 4.98 Å². The molecule has 0 fully saturated rings. The first kappa shape index (κ1) is 9.67. The van der Waals surface area contributed by atoms with Crippen molar-refractivity contribution in [1.82, 2.24) is 9.66 Å². The molecule has 15 heavy (non-hydrogen) atoms. The van der Waals surface area contributed by atoms with Crippen LogP contribution in [0.3, 0.4) is 0 Å². The minimum absolute atomic E-state index is 0.165. The fourth-order valence-electron chi connectivity index (χ4n) is 1.46. The maximum atomic E-state index is 11.7. The molecule has 0 aliphatic rings. The zero-order valence-corrected chi connectivity index (χ0v) is 8.21. The first-order valence-corrected chi connectivity index (χ1v) is 4.56. The molecule has 1 atom stereocenters. The Morgan fingerprint density at radius 3 is 2.80 bits per heavy atom. The maximum absolute atomic E-state index is 11.7. The SMILES string of the molecule is CC(O)c1nc2ccccc2c(=O)n1N. The summed E-state index contributed by atoms with van der Waals surface area (Å²) in [6.07, 6.45) is -0.868. The lowest BCUT2D eigenvalue weighted by molar-refractivity contribution is 0.185. The van der Waals surface area contributed by atoms with Crippen molar-refractivity contribution in [3.63, 3.8) is 0 Å². The van der Waals surface area contributed by atoms with Gasteiger partial charge in [0.2, 0.25) is 0 Å². The van der Waals surface area contributed by atoms with Crippen LogP contribution >= 0.6 is 0 Å². The van der Waals surface area contributed by atoms with Gasteiger partial charge < -0.3 is 10.9 Å². The molecule has 0 saturated heterocycles. The van der Waals surface area contributed by atoms with Crippen molar-refractivity contribution >= 4 is 10.9 Å². The highest BCUT2D eigenvalue weighted by molar-refractivity contribution is 5.77. The third-order valence-electron chi connectivity index (χ3n) is 2.21. The molecule has 0 radical (unpaired) electrons. The Bertz CT molecular complexity index is 560. The number of aliphatic hydroxyl groups is 1. The van der Waals surface area contributed by atoms with Gasteiger partial charge in [0.05, 0.1) is 10.9 Å². The van der Waals surface area contributed by atoms with E-state index in [0.717, 1.165) is 4.68 Å². The predicted octanol–water partition coefficient (Wildman–Crippen LogP) is 0.164. The summed E-state index contributed by atoms with van der Waals surface area (Å²) < 4.78 is 0.882. The summed E-state index contributed by atoms with van der Waals surface area (Å²) >= 11 is 0. The second-order valence-corrected chi connectivity index (χ2v) is 3.34. The molecule has 5 nitrogen and oxygen atoms in total. The molecule has 0 amide bonds. The van der Waals surface area contributed by atoms with E-state index >= 15 is 0 Å². The van der Waals surface area contributed by atoms with Gasteiger partial charge >= 0.3 is 0 Å². The molecule has 2 aromatic rings. The first-order chi connectivity index (χ1) is 7.11. The standard InChI is InChI=1S/C10H11N3O2/c1-6(14)9-12-8-5-3-2-4-7(8)10(15)13(9)11/h2-6,14H,11H2,1H3. The van der Waals surface area contributed by atoms with Gasteiger partial charge in [-0.05, 0) is 19.1 Å². The highest BCUT2D eigenvalue weighted by Gasteiger charge is 2.11. The third-order valence-corrected chi connectivity index (χ3v) is 2.21. The van der Waals surface area contributed by atoms with E-state index in [1.54, 1.807) is 24.3 Å². The number of rotatable bonds is 1. The van der Waals surface area contributed by atoms with Crippen LogP contribution in [-0.4, -0.2) is 14.8 Å². The predicted molar refractivity (Wildman–Crippen MR) is 56.8 cm³/mol. The minimum atomic E-state index is -0.868. The zero-order valence-electron chi connectivity index (χ0n) is 8.21. The van der Waals surface area contributed by atoms with Crippen LogP contribution in [0.15, 0.2) is 29.1 Å². The Morgan fingerprint density at radius 2 is 2.13 bits per heavy atom. The molecule has 3 N–H and O–H groups in total. The van der Waals surface area contributed by atoms with E-state index in [9.17, 15) is 9.90 Å². The summed E-state index contributed by atoms with van der Waals surface area (Å²) in [7, 11) is 0. The second kappa shape index (κ2) is 3.36. The number of benzene rings is 1. The number of nitrogens with two attached hydrogens (primary N) is 1. The Morgan fingerprint density at radius 1 is 1.47 bits per heavy atom. The molecular formula is C10H11N3O2. The fraction of sp³-hybridized carbons (Fsp3) is 0.200. The molecule has 0 aliphatic heterocycles. The number of nitrogen functional groups attached to an aromatic ring is 1. The molecule has 2 rings (SSSR count). The normalized spacial score (nSPS) is 12.9. The molecule has 5 heteroatoms. The van der Waals surface area contributed by atoms with Crippen LogP contribution in [0.4, 0.5) is 0 Å². The molecule has 0 saturated carbocycles. The van der Waals surface area contributed by atoms with Crippen LogP contribution in [-0.2, 0) is 0 Å². The summed E-state index contributed by atoms with van der Waals surface area (Å²) in [5.41, 5.74) is 0.191. The second-order valence-electron chi connectivity index (χ2n) is 3.34. The molecular weight excluding hydrogens is 194 g/mol. The van der Waals surface area contributed by atoms with Gasteiger partial charge in [-0.25, -0.2) is 9.66 Å². The van der Waals surface area contributed by atoms with E-state index in [1.165, 1.54) is 6.92 Å². The van der Waals surface area contributed by atoms with Crippen molar-refractivity contribution in [3.05, 3.63) is 40.4 Å². The third kappa shape index (κ3) is 1.46. The number of para-hydroxylation sites is 1. The van der Waals surface area contributed by atoms with E-state index in [-0.39, 0.29) is 11.4 Å². The number of nitrogens with zero attached hydrogens (tertiary/aromatic N) is 2. The first-order valence-electron chi connectivity index (χ1n) is 4.56. The monoisotopic (exact) mass is 205 g/mol. The molecule has 1 unspecified atom stereocenters. The van der Waals surface area contributed by atoms with Crippen molar-refractivity contribution in [1.29, 1.82) is 0 Å². The van der Waals surface area contributed by atoms with Crippen LogP contribution in [0, 0.1) is 0 Å². The average Bonchev–Trinajstić information content (AvgIpc) is 2.23. The van der Waals surface area contributed by atoms with Crippen molar-refractivity contribution in [2.45, 2.75) is 13.0 Å². The highest BCUT2D eigenvalue weighted by atomic mass is 16.3. The molecule has 1 aromatic carbocycles. The maximum Gasteiger partial charge on any atom is 0.279 e. The molecule has 0 spiro atoms. The minimum Gasteiger partial charge on any atom is -0.385 e. The lowest BCUT2D eigenvalue weighted by Gasteiger charge is -2.10. The fourth-order valence-corrected chi connectivity index (χ4v) is 1.46. The smallest absolute Gasteiger partial charge is 0.279 e. The highest BCUT2D eigenvalue weighted by Crippen LogP contribution is 2.11. The largest absolute Gasteiger partial charge is 0.385 e. The van der Waals surface area contributed by atoms with E-state index in [4.69, 9.17) is 5.84 Å².